The molecule has 3 heterocycles. The Hall–Kier alpha value is -2.87. The molecule has 176 valence electrons. The Morgan fingerprint density at radius 2 is 1.70 bits per heavy atom. The second-order valence-corrected chi connectivity index (χ2v) is 9.59. The first-order chi connectivity index (χ1) is 16.1. The van der Waals surface area contributed by atoms with Gasteiger partial charge in [-0.3, -0.25) is 14.4 Å². The minimum Gasteiger partial charge on any atom is -0.496 e. The van der Waals surface area contributed by atoms with Crippen molar-refractivity contribution in [2.75, 3.05) is 33.3 Å². The number of nitrogens with one attached hydrogen (secondary N) is 1. The number of piperidine rings is 2. The van der Waals surface area contributed by atoms with Crippen molar-refractivity contribution < 1.29 is 19.1 Å². The zero-order valence-corrected chi connectivity index (χ0v) is 19.8. The largest absolute Gasteiger partial charge is 0.496 e. The Morgan fingerprint density at radius 3 is 2.36 bits per heavy atom. The maximum absolute atomic E-state index is 13.4. The van der Waals surface area contributed by atoms with Crippen LogP contribution in [0.3, 0.4) is 0 Å². The normalized spacial score (nSPS) is 18.0. The second kappa shape index (κ2) is 10.8. The fraction of sp³-hybridized carbons (Fsp3) is 0.480. The molecule has 1 N–H and O–H groups in total. The summed E-state index contributed by atoms with van der Waals surface area (Å²) in [5.74, 6) is 0.297. The SMILES string of the molecule is COc1ccccc1C(=O)N1CCC([C@H](NC(=O)c2cccs2)C(=O)N2CCCCC2)CC1. The van der Waals surface area contributed by atoms with E-state index in [1.807, 2.05) is 33.4 Å². The molecule has 0 radical (unpaired) electrons. The number of carbonyl (C=O) groups excluding carboxylic acids is 3. The molecule has 1 aromatic heterocycles. The average molecular weight is 470 g/mol. The van der Waals surface area contributed by atoms with Gasteiger partial charge in [0.05, 0.1) is 17.6 Å². The highest BCUT2D eigenvalue weighted by Gasteiger charge is 2.37. The average Bonchev–Trinajstić information content (AvgIpc) is 3.42. The summed E-state index contributed by atoms with van der Waals surface area (Å²) in [7, 11) is 1.56. The standard InChI is InChI=1S/C25H31N3O4S/c1-32-20-9-4-3-8-19(20)24(30)28-15-11-18(12-16-28)22(25(31)27-13-5-2-6-14-27)26-23(29)21-10-7-17-33-21/h3-4,7-10,17-18,22H,2,5-6,11-16H2,1H3,(H,26,29)/t22-/m0/s1. The molecule has 4 rings (SSSR count). The van der Waals surface area contributed by atoms with Crippen LogP contribution < -0.4 is 10.1 Å². The summed E-state index contributed by atoms with van der Waals surface area (Å²) >= 11 is 1.37. The molecule has 7 nitrogen and oxygen atoms in total. The van der Waals surface area contributed by atoms with Crippen LogP contribution in [-0.2, 0) is 4.79 Å². The van der Waals surface area contributed by atoms with Gasteiger partial charge in [-0.25, -0.2) is 0 Å². The first kappa shape index (κ1) is 23.3. The van der Waals surface area contributed by atoms with Gasteiger partial charge in [0, 0.05) is 26.2 Å². The van der Waals surface area contributed by atoms with Gasteiger partial charge in [0.1, 0.15) is 11.8 Å². The molecule has 3 amide bonds. The summed E-state index contributed by atoms with van der Waals surface area (Å²) in [6.07, 6.45) is 4.47. The van der Waals surface area contributed by atoms with E-state index < -0.39 is 6.04 Å². The summed E-state index contributed by atoms with van der Waals surface area (Å²) in [5.41, 5.74) is 0.547. The van der Waals surface area contributed by atoms with Crippen LogP contribution >= 0.6 is 11.3 Å². The van der Waals surface area contributed by atoms with E-state index in [1.54, 1.807) is 25.3 Å². The van der Waals surface area contributed by atoms with Crippen molar-refractivity contribution in [3.8, 4) is 5.75 Å². The molecule has 2 aliphatic rings. The van der Waals surface area contributed by atoms with Crippen molar-refractivity contribution in [1.82, 2.24) is 15.1 Å². The van der Waals surface area contributed by atoms with Crippen LogP contribution in [0.5, 0.6) is 5.75 Å². The predicted molar refractivity (Wildman–Crippen MR) is 128 cm³/mol. The number of methoxy groups -OCH3 is 1. The van der Waals surface area contributed by atoms with Crippen molar-refractivity contribution in [1.29, 1.82) is 0 Å². The number of carbonyl (C=O) groups is 3. The smallest absolute Gasteiger partial charge is 0.262 e. The third kappa shape index (κ3) is 5.38. The first-order valence-corrected chi connectivity index (χ1v) is 12.5. The minimum absolute atomic E-state index is 0.00844. The maximum atomic E-state index is 13.4. The van der Waals surface area contributed by atoms with Gasteiger partial charge in [-0.1, -0.05) is 18.2 Å². The monoisotopic (exact) mass is 469 g/mol. The lowest BCUT2D eigenvalue weighted by atomic mass is 9.87. The lowest BCUT2D eigenvalue weighted by Gasteiger charge is -2.38. The molecule has 0 spiro atoms. The summed E-state index contributed by atoms with van der Waals surface area (Å²) in [4.78, 5) is 43.7. The van der Waals surface area contributed by atoms with E-state index >= 15 is 0 Å². The molecule has 0 bridgehead atoms. The minimum atomic E-state index is -0.568. The summed E-state index contributed by atoms with van der Waals surface area (Å²) < 4.78 is 5.35. The Balaban J connectivity index is 1.45. The lowest BCUT2D eigenvalue weighted by Crippen LogP contribution is -2.55. The number of ether oxygens (including phenoxy) is 1. The molecule has 0 unspecified atom stereocenters. The Morgan fingerprint density at radius 1 is 0.970 bits per heavy atom. The van der Waals surface area contributed by atoms with Gasteiger partial charge in [-0.2, -0.15) is 0 Å². The second-order valence-electron chi connectivity index (χ2n) is 8.64. The summed E-state index contributed by atoms with van der Waals surface area (Å²) in [6.45, 7) is 2.57. The molecule has 1 atom stereocenters. The van der Waals surface area contributed by atoms with E-state index in [0.717, 1.165) is 32.4 Å². The van der Waals surface area contributed by atoms with Gasteiger partial charge in [0.15, 0.2) is 0 Å². The number of likely N-dealkylation sites (tertiary alicyclic amines) is 2. The molecule has 0 saturated carbocycles. The number of hydrogen-bond donors (Lipinski definition) is 1. The van der Waals surface area contributed by atoms with E-state index in [2.05, 4.69) is 5.32 Å². The molecule has 0 aliphatic carbocycles. The summed E-state index contributed by atoms with van der Waals surface area (Å²) in [5, 5.41) is 4.90. The highest BCUT2D eigenvalue weighted by atomic mass is 32.1. The molecular weight excluding hydrogens is 438 g/mol. The van der Waals surface area contributed by atoms with E-state index in [-0.39, 0.29) is 23.6 Å². The molecule has 2 aromatic rings. The van der Waals surface area contributed by atoms with Crippen molar-refractivity contribution >= 4 is 29.1 Å². The maximum Gasteiger partial charge on any atom is 0.262 e. The van der Waals surface area contributed by atoms with Crippen LogP contribution in [0.15, 0.2) is 41.8 Å². The summed E-state index contributed by atoms with van der Waals surface area (Å²) in [6, 6.07) is 10.3. The van der Waals surface area contributed by atoms with Gasteiger partial charge < -0.3 is 19.9 Å². The van der Waals surface area contributed by atoms with Crippen LogP contribution in [-0.4, -0.2) is 66.9 Å². The van der Waals surface area contributed by atoms with Crippen molar-refractivity contribution in [3.05, 3.63) is 52.2 Å². The highest BCUT2D eigenvalue weighted by Crippen LogP contribution is 2.27. The van der Waals surface area contributed by atoms with Gasteiger partial charge in [0.2, 0.25) is 5.91 Å². The quantitative estimate of drug-likeness (QED) is 0.703. The third-order valence-corrected chi connectivity index (χ3v) is 7.47. The van der Waals surface area contributed by atoms with Gasteiger partial charge >= 0.3 is 0 Å². The van der Waals surface area contributed by atoms with Crippen LogP contribution in [0, 0.1) is 5.92 Å². The number of hydrogen-bond acceptors (Lipinski definition) is 5. The number of nitrogens with zero attached hydrogens (tertiary/aromatic N) is 2. The van der Waals surface area contributed by atoms with Gasteiger partial charge in [0.25, 0.3) is 11.8 Å². The number of benzene rings is 1. The van der Waals surface area contributed by atoms with Crippen molar-refractivity contribution in [2.45, 2.75) is 38.1 Å². The number of amides is 3. The van der Waals surface area contributed by atoms with Crippen molar-refractivity contribution in [2.24, 2.45) is 5.92 Å². The molecule has 33 heavy (non-hydrogen) atoms. The molecule has 1 aromatic carbocycles. The van der Waals surface area contributed by atoms with E-state index in [4.69, 9.17) is 4.74 Å². The lowest BCUT2D eigenvalue weighted by molar-refractivity contribution is -0.136. The predicted octanol–water partition coefficient (Wildman–Crippen LogP) is 3.42. The van der Waals surface area contributed by atoms with Crippen molar-refractivity contribution in [3.63, 3.8) is 0 Å². The molecule has 8 heteroatoms. The van der Waals surface area contributed by atoms with Crippen LogP contribution in [0.2, 0.25) is 0 Å². The Kier molecular flexibility index (Phi) is 7.65. The highest BCUT2D eigenvalue weighted by molar-refractivity contribution is 7.12. The molecule has 2 aliphatic heterocycles. The van der Waals surface area contributed by atoms with E-state index in [0.29, 0.717) is 42.1 Å². The molecular formula is C25H31N3O4S. The molecule has 2 fully saturated rings. The van der Waals surface area contributed by atoms with Gasteiger partial charge in [-0.15, -0.1) is 11.3 Å². The number of rotatable bonds is 6. The first-order valence-electron chi connectivity index (χ1n) is 11.6. The zero-order valence-electron chi connectivity index (χ0n) is 19.0. The third-order valence-electron chi connectivity index (χ3n) is 6.60. The Bertz CT molecular complexity index is 964. The van der Waals surface area contributed by atoms with Crippen LogP contribution in [0.4, 0.5) is 0 Å². The topological polar surface area (TPSA) is 79.0 Å². The zero-order chi connectivity index (χ0) is 23.2. The Labute approximate surface area is 198 Å². The van der Waals surface area contributed by atoms with Crippen LogP contribution in [0.1, 0.15) is 52.1 Å². The fourth-order valence-corrected chi connectivity index (χ4v) is 5.37. The molecule has 2 saturated heterocycles. The number of para-hydroxylation sites is 1. The number of thiophene rings is 1. The van der Waals surface area contributed by atoms with E-state index in [1.165, 1.54) is 11.3 Å². The van der Waals surface area contributed by atoms with Gasteiger partial charge in [-0.05, 0) is 61.6 Å². The van der Waals surface area contributed by atoms with E-state index in [9.17, 15) is 14.4 Å². The fourth-order valence-electron chi connectivity index (χ4n) is 4.74. The van der Waals surface area contributed by atoms with Crippen LogP contribution in [0.25, 0.3) is 0 Å².